The number of hydrogen-bond acceptors (Lipinski definition) is 3. The first kappa shape index (κ1) is 15.0. The van der Waals surface area contributed by atoms with Gasteiger partial charge in [-0.15, -0.1) is 0 Å². The zero-order valence-corrected chi connectivity index (χ0v) is 12.4. The smallest absolute Gasteiger partial charge is 0.352 e. The number of H-pyrrole nitrogens is 1. The van der Waals surface area contributed by atoms with E-state index in [-0.39, 0.29) is 5.69 Å². The number of carbonyl (C=O) groups is 1. The van der Waals surface area contributed by atoms with E-state index in [1.807, 2.05) is 32.0 Å². The fraction of sp³-hybridized carbons (Fsp3) is 0.357. The molecule has 0 bridgehead atoms. The van der Waals surface area contributed by atoms with Crippen LogP contribution in [0.5, 0.6) is 0 Å². The Balaban J connectivity index is 2.19. The SMILES string of the molecule is CCOP(Cc1ccc2[nH]c(C(=O)O)cc2c1)OCC. The number of hydrogen-bond donors (Lipinski definition) is 2. The van der Waals surface area contributed by atoms with Gasteiger partial charge in [-0.3, -0.25) is 0 Å². The minimum atomic E-state index is -0.950. The Morgan fingerprint density at radius 1 is 1.25 bits per heavy atom. The Morgan fingerprint density at radius 2 is 1.95 bits per heavy atom. The Labute approximate surface area is 118 Å². The molecule has 1 aromatic heterocycles. The van der Waals surface area contributed by atoms with Gasteiger partial charge in [0.25, 0.3) is 0 Å². The lowest BCUT2D eigenvalue weighted by molar-refractivity contribution is 0.0691. The lowest BCUT2D eigenvalue weighted by Crippen LogP contribution is -1.94. The molecule has 6 heteroatoms. The molecule has 2 N–H and O–H groups in total. The molecule has 108 valence electrons. The number of nitrogens with one attached hydrogen (secondary N) is 1. The second-order valence-electron chi connectivity index (χ2n) is 4.24. The van der Waals surface area contributed by atoms with Crippen molar-refractivity contribution < 1.29 is 18.9 Å². The van der Waals surface area contributed by atoms with Crippen molar-refractivity contribution in [2.24, 2.45) is 0 Å². The summed E-state index contributed by atoms with van der Waals surface area (Å²) in [4.78, 5) is 13.8. The molecule has 20 heavy (non-hydrogen) atoms. The molecule has 2 rings (SSSR count). The monoisotopic (exact) mass is 295 g/mol. The third-order valence-electron chi connectivity index (χ3n) is 2.77. The van der Waals surface area contributed by atoms with Gasteiger partial charge in [0.15, 0.2) is 8.38 Å². The number of fused-ring (bicyclic) bond motifs is 1. The number of benzene rings is 1. The van der Waals surface area contributed by atoms with E-state index in [1.54, 1.807) is 6.07 Å². The lowest BCUT2D eigenvalue weighted by Gasteiger charge is -2.15. The highest BCUT2D eigenvalue weighted by Crippen LogP contribution is 2.42. The zero-order chi connectivity index (χ0) is 14.5. The number of aromatic nitrogens is 1. The normalized spacial score (nSPS) is 11.3. The fourth-order valence-corrected chi connectivity index (χ4v) is 3.29. The average molecular weight is 295 g/mol. The van der Waals surface area contributed by atoms with Crippen LogP contribution < -0.4 is 0 Å². The first-order chi connectivity index (χ1) is 9.63. The predicted octanol–water partition coefficient (Wildman–Crippen LogP) is 3.75. The molecule has 0 spiro atoms. The lowest BCUT2D eigenvalue weighted by atomic mass is 10.2. The average Bonchev–Trinajstić information content (AvgIpc) is 2.82. The molecule has 0 aliphatic carbocycles. The van der Waals surface area contributed by atoms with Crippen LogP contribution in [-0.2, 0) is 15.2 Å². The number of carboxylic acids is 1. The Hall–Kier alpha value is -1.42. The maximum absolute atomic E-state index is 10.9. The summed E-state index contributed by atoms with van der Waals surface area (Å²) in [5.74, 6) is -0.950. The highest BCUT2D eigenvalue weighted by molar-refractivity contribution is 7.46. The summed E-state index contributed by atoms with van der Waals surface area (Å²) in [6.07, 6.45) is 0.709. The Kier molecular flexibility index (Phi) is 5.12. The third-order valence-corrected chi connectivity index (χ3v) is 4.49. The van der Waals surface area contributed by atoms with E-state index in [9.17, 15) is 4.79 Å². The quantitative estimate of drug-likeness (QED) is 0.763. The Morgan fingerprint density at radius 3 is 2.55 bits per heavy atom. The number of aromatic amines is 1. The summed E-state index contributed by atoms with van der Waals surface area (Å²) in [6, 6.07) is 7.48. The summed E-state index contributed by atoms with van der Waals surface area (Å²) in [5, 5.41) is 9.86. The molecule has 0 radical (unpaired) electrons. The molecule has 1 aromatic carbocycles. The molecule has 2 aromatic rings. The van der Waals surface area contributed by atoms with Crippen LogP contribution in [0.25, 0.3) is 10.9 Å². The summed E-state index contributed by atoms with van der Waals surface area (Å²) in [6.45, 7) is 5.15. The van der Waals surface area contributed by atoms with E-state index in [0.717, 1.165) is 16.5 Å². The van der Waals surface area contributed by atoms with Crippen LogP contribution in [-0.4, -0.2) is 29.3 Å². The van der Waals surface area contributed by atoms with Gasteiger partial charge in [-0.1, -0.05) is 6.07 Å². The first-order valence-corrected chi connectivity index (χ1v) is 7.88. The molecular weight excluding hydrogens is 277 g/mol. The molecule has 0 aliphatic heterocycles. The Bertz CT molecular complexity index is 590. The van der Waals surface area contributed by atoms with Crippen molar-refractivity contribution in [1.82, 2.24) is 4.98 Å². The molecular formula is C14H18NO4P. The van der Waals surface area contributed by atoms with Crippen molar-refractivity contribution in [3.05, 3.63) is 35.5 Å². The molecule has 0 atom stereocenters. The van der Waals surface area contributed by atoms with E-state index in [4.69, 9.17) is 14.2 Å². The maximum Gasteiger partial charge on any atom is 0.352 e. The zero-order valence-electron chi connectivity index (χ0n) is 11.5. The molecule has 5 nitrogen and oxygen atoms in total. The van der Waals surface area contributed by atoms with Crippen LogP contribution in [0.15, 0.2) is 24.3 Å². The van der Waals surface area contributed by atoms with Crippen molar-refractivity contribution in [3.8, 4) is 0 Å². The minimum Gasteiger partial charge on any atom is -0.477 e. The van der Waals surface area contributed by atoms with Gasteiger partial charge in [-0.25, -0.2) is 4.79 Å². The van der Waals surface area contributed by atoms with E-state index >= 15 is 0 Å². The van der Waals surface area contributed by atoms with Crippen molar-refractivity contribution in [3.63, 3.8) is 0 Å². The standard InChI is InChI=1S/C14H18NO4P/c1-3-18-20(19-4-2)9-10-5-6-12-11(7-10)8-13(15-12)14(16)17/h5-8,15H,3-4,9H2,1-2H3,(H,16,17). The number of rotatable bonds is 7. The highest BCUT2D eigenvalue weighted by atomic mass is 31.2. The van der Waals surface area contributed by atoms with Gasteiger partial charge in [-0.2, -0.15) is 0 Å². The summed E-state index contributed by atoms with van der Waals surface area (Å²) < 4.78 is 11.2. The van der Waals surface area contributed by atoms with Gasteiger partial charge < -0.3 is 19.1 Å². The van der Waals surface area contributed by atoms with Crippen molar-refractivity contribution in [2.75, 3.05) is 13.2 Å². The molecule has 0 fully saturated rings. The molecule has 0 amide bonds. The van der Waals surface area contributed by atoms with E-state index < -0.39 is 14.3 Å². The predicted molar refractivity (Wildman–Crippen MR) is 79.1 cm³/mol. The first-order valence-electron chi connectivity index (χ1n) is 6.52. The van der Waals surface area contributed by atoms with Gasteiger partial charge in [0.05, 0.1) is 13.2 Å². The fourth-order valence-electron chi connectivity index (χ4n) is 1.96. The molecule has 1 heterocycles. The second-order valence-corrected chi connectivity index (χ2v) is 5.73. The number of aromatic carboxylic acids is 1. The van der Waals surface area contributed by atoms with Gasteiger partial charge in [0, 0.05) is 17.1 Å². The van der Waals surface area contributed by atoms with Crippen LogP contribution in [0, 0.1) is 0 Å². The van der Waals surface area contributed by atoms with Crippen LogP contribution in [0.3, 0.4) is 0 Å². The van der Waals surface area contributed by atoms with Gasteiger partial charge >= 0.3 is 5.97 Å². The largest absolute Gasteiger partial charge is 0.477 e. The van der Waals surface area contributed by atoms with Crippen molar-refractivity contribution >= 4 is 25.2 Å². The summed E-state index contributed by atoms with van der Waals surface area (Å²) in [7, 11) is -0.925. The van der Waals surface area contributed by atoms with Gasteiger partial charge in [0.1, 0.15) is 5.69 Å². The second kappa shape index (κ2) is 6.84. The van der Waals surface area contributed by atoms with Gasteiger partial charge in [0.2, 0.25) is 0 Å². The van der Waals surface area contributed by atoms with Crippen molar-refractivity contribution in [2.45, 2.75) is 20.0 Å². The van der Waals surface area contributed by atoms with Crippen LogP contribution in [0.1, 0.15) is 29.9 Å². The van der Waals surface area contributed by atoms with Crippen LogP contribution in [0.4, 0.5) is 0 Å². The summed E-state index contributed by atoms with van der Waals surface area (Å²) >= 11 is 0. The van der Waals surface area contributed by atoms with Gasteiger partial charge in [-0.05, 0) is 37.6 Å². The van der Waals surface area contributed by atoms with E-state index in [1.165, 1.54) is 0 Å². The van der Waals surface area contributed by atoms with E-state index in [2.05, 4.69) is 4.98 Å². The summed E-state index contributed by atoms with van der Waals surface area (Å²) in [5.41, 5.74) is 2.11. The number of carboxylic acid groups (broad SMARTS) is 1. The van der Waals surface area contributed by atoms with Crippen LogP contribution in [0.2, 0.25) is 0 Å². The van der Waals surface area contributed by atoms with E-state index in [0.29, 0.717) is 19.4 Å². The highest BCUT2D eigenvalue weighted by Gasteiger charge is 2.12. The molecule has 0 unspecified atom stereocenters. The maximum atomic E-state index is 10.9. The third kappa shape index (κ3) is 3.57. The van der Waals surface area contributed by atoms with Crippen molar-refractivity contribution in [1.29, 1.82) is 0 Å². The van der Waals surface area contributed by atoms with Crippen LogP contribution >= 0.6 is 8.38 Å². The molecule has 0 saturated carbocycles. The molecule has 0 aliphatic rings. The minimum absolute atomic E-state index is 0.203. The molecule has 0 saturated heterocycles. The topological polar surface area (TPSA) is 71.6 Å².